The summed E-state index contributed by atoms with van der Waals surface area (Å²) in [6.07, 6.45) is -0.439. The smallest absolute Gasteiger partial charge is 0.323 e. The Morgan fingerprint density at radius 3 is 1.21 bits per heavy atom. The molecule has 0 unspecified atom stereocenters. The highest BCUT2D eigenvalue weighted by Gasteiger charge is 2.67. The van der Waals surface area contributed by atoms with Crippen LogP contribution in [-0.4, -0.2) is 86.9 Å². The zero-order valence-corrected chi connectivity index (χ0v) is 31.1. The van der Waals surface area contributed by atoms with E-state index in [2.05, 4.69) is 39.3 Å². The van der Waals surface area contributed by atoms with E-state index in [4.69, 9.17) is 32.5 Å². The van der Waals surface area contributed by atoms with E-state index in [1.54, 1.807) is 0 Å². The SMILES string of the molecule is COC(=O)C1(C(=O)OC)CC2=C(O[Si](C)(C)C)C[C@@H]3O[C@H]4CC(O[Si](C)(C)C)=C5CC(C(=O)OC)(C(=O)OC)C[C@H]5[C@H]4C(=O)[C@@H]3[C@@H]2C1. The average molecular weight is 693 g/mol. The molecule has 3 fully saturated rings. The second-order valence-corrected chi connectivity index (χ2v) is 24.4. The fourth-order valence-electron chi connectivity index (χ4n) is 8.75. The number of rotatable bonds is 8. The van der Waals surface area contributed by atoms with Gasteiger partial charge in [-0.15, -0.1) is 0 Å². The summed E-state index contributed by atoms with van der Waals surface area (Å²) in [5, 5.41) is 0. The molecule has 47 heavy (non-hydrogen) atoms. The maximum absolute atomic E-state index is 15.0. The minimum atomic E-state index is -2.17. The molecule has 1 heterocycles. The Hall–Kier alpha value is -2.98. The van der Waals surface area contributed by atoms with Gasteiger partial charge in [-0.25, -0.2) is 0 Å². The highest BCUT2D eigenvalue weighted by molar-refractivity contribution is 6.70. The van der Waals surface area contributed by atoms with Crippen molar-refractivity contribution in [2.75, 3.05) is 28.4 Å². The van der Waals surface area contributed by atoms with Crippen LogP contribution in [0.4, 0.5) is 0 Å². The molecule has 0 aromatic rings. The maximum atomic E-state index is 15.0. The van der Waals surface area contributed by atoms with Crippen LogP contribution < -0.4 is 0 Å². The Bertz CT molecular complexity index is 1300. The number of Topliss-reactive ketones (excluding diaryl/α,β-unsaturated/α-hetero) is 1. The molecule has 0 radical (unpaired) electrons. The van der Waals surface area contributed by atoms with E-state index >= 15 is 0 Å². The number of carbonyl (C=O) groups is 5. The Labute approximate surface area is 278 Å². The molecule has 0 amide bonds. The Kier molecular flexibility index (Phi) is 9.15. The minimum absolute atomic E-state index is 0.0134. The van der Waals surface area contributed by atoms with Gasteiger partial charge in [0.2, 0.25) is 16.6 Å². The molecular weight excluding hydrogens is 645 g/mol. The van der Waals surface area contributed by atoms with Gasteiger partial charge in [0.15, 0.2) is 10.8 Å². The molecule has 0 aromatic carbocycles. The Morgan fingerprint density at radius 2 is 0.936 bits per heavy atom. The van der Waals surface area contributed by atoms with Gasteiger partial charge in [0.05, 0.1) is 64.0 Å². The van der Waals surface area contributed by atoms with Crippen LogP contribution in [-0.2, 0) is 56.5 Å². The molecule has 1 saturated heterocycles. The zero-order chi connectivity index (χ0) is 34.9. The number of ether oxygens (including phenoxy) is 5. The van der Waals surface area contributed by atoms with Gasteiger partial charge in [-0.2, -0.15) is 0 Å². The lowest BCUT2D eigenvalue weighted by molar-refractivity contribution is -0.177. The molecule has 12 nitrogen and oxygen atoms in total. The molecule has 0 bridgehead atoms. The molecule has 14 heteroatoms. The van der Waals surface area contributed by atoms with Crippen LogP contribution in [0.5, 0.6) is 0 Å². The van der Waals surface area contributed by atoms with E-state index < -0.39 is 87.2 Å². The zero-order valence-electron chi connectivity index (χ0n) is 29.1. The first kappa shape index (κ1) is 35.3. The van der Waals surface area contributed by atoms with Crippen molar-refractivity contribution in [2.45, 2.75) is 90.0 Å². The van der Waals surface area contributed by atoms with Crippen molar-refractivity contribution < 1.29 is 56.5 Å². The summed E-state index contributed by atoms with van der Waals surface area (Å²) in [7, 11) is 0.586. The first-order valence-corrected chi connectivity index (χ1v) is 23.0. The van der Waals surface area contributed by atoms with Crippen LogP contribution in [0.15, 0.2) is 22.7 Å². The topological polar surface area (TPSA) is 150 Å². The molecule has 2 saturated carbocycles. The molecule has 260 valence electrons. The first-order chi connectivity index (χ1) is 21.9. The summed E-state index contributed by atoms with van der Waals surface area (Å²) in [6, 6.07) is 0. The summed E-state index contributed by atoms with van der Waals surface area (Å²) in [6.45, 7) is 12.3. The lowest BCUT2D eigenvalue weighted by Crippen LogP contribution is -2.56. The predicted molar refractivity (Wildman–Crippen MR) is 171 cm³/mol. The average Bonchev–Trinajstić information content (AvgIpc) is 3.60. The molecule has 6 atom stereocenters. The summed E-state index contributed by atoms with van der Waals surface area (Å²) in [4.78, 5) is 68.2. The number of fused-ring (bicyclic) bond motifs is 6. The van der Waals surface area contributed by atoms with E-state index in [0.29, 0.717) is 24.4 Å². The number of hydrogen-bond donors (Lipinski definition) is 0. The number of esters is 4. The number of allylic oxidation sites excluding steroid dienone is 2. The summed E-state index contributed by atoms with van der Waals surface area (Å²) >= 11 is 0. The standard InChI is InChI=1S/C33H48O12Si2/c1-39-28(35)32(29(36)40-2)13-17-19(15-32)25-23(11-21(17)44-46(5,6)7)43-24-12-22(45-47(8,9)10)18-14-33(30(37)41-3,31(38)42-4)16-20(18)26(24)27(25)34/h19-20,23-26H,11-16H2,1-10H3/t19-,20-,23+,24+,25-,26-/m1/s1. The first-order valence-electron chi connectivity index (χ1n) is 16.2. The summed E-state index contributed by atoms with van der Waals surface area (Å²) in [5.74, 6) is -4.07. The third-order valence-corrected chi connectivity index (χ3v) is 12.1. The van der Waals surface area contributed by atoms with Crippen molar-refractivity contribution in [3.63, 3.8) is 0 Å². The second kappa shape index (κ2) is 12.2. The number of hydrogen-bond acceptors (Lipinski definition) is 12. The summed E-state index contributed by atoms with van der Waals surface area (Å²) < 4.78 is 40.6. The Balaban J connectivity index is 1.62. The number of methoxy groups -OCH3 is 4. The normalized spacial score (nSPS) is 30.7. The van der Waals surface area contributed by atoms with E-state index in [9.17, 15) is 24.0 Å². The van der Waals surface area contributed by atoms with Gasteiger partial charge in [-0.1, -0.05) is 0 Å². The van der Waals surface area contributed by atoms with Crippen molar-refractivity contribution in [1.82, 2.24) is 0 Å². The fourth-order valence-corrected chi connectivity index (χ4v) is 10.7. The van der Waals surface area contributed by atoms with Crippen molar-refractivity contribution in [1.29, 1.82) is 0 Å². The monoisotopic (exact) mass is 692 g/mol. The minimum Gasteiger partial charge on any atom is -0.547 e. The molecule has 5 rings (SSSR count). The predicted octanol–water partition coefficient (Wildman–Crippen LogP) is 4.06. The highest BCUT2D eigenvalue weighted by Crippen LogP contribution is 2.61. The van der Waals surface area contributed by atoms with Crippen LogP contribution in [0.25, 0.3) is 0 Å². The van der Waals surface area contributed by atoms with Crippen LogP contribution in [0, 0.1) is 34.5 Å². The lowest BCUT2D eigenvalue weighted by Gasteiger charge is -2.50. The van der Waals surface area contributed by atoms with Crippen LogP contribution in [0.2, 0.25) is 39.3 Å². The van der Waals surface area contributed by atoms with Gasteiger partial charge >= 0.3 is 23.9 Å². The van der Waals surface area contributed by atoms with E-state index in [1.807, 2.05) is 0 Å². The van der Waals surface area contributed by atoms with Crippen LogP contribution in [0.1, 0.15) is 38.5 Å². The third kappa shape index (κ3) is 5.87. The van der Waals surface area contributed by atoms with Crippen LogP contribution >= 0.6 is 0 Å². The number of carbonyl (C=O) groups excluding carboxylic acids is 5. The quantitative estimate of drug-likeness (QED) is 0.156. The Morgan fingerprint density at radius 1 is 0.617 bits per heavy atom. The van der Waals surface area contributed by atoms with Crippen molar-refractivity contribution >= 4 is 46.3 Å². The highest BCUT2D eigenvalue weighted by atomic mass is 28.4. The molecule has 1 aliphatic heterocycles. The van der Waals surface area contributed by atoms with Crippen molar-refractivity contribution in [3.05, 3.63) is 22.7 Å². The van der Waals surface area contributed by atoms with E-state index in [-0.39, 0.29) is 31.5 Å². The van der Waals surface area contributed by atoms with Gasteiger partial charge < -0.3 is 32.5 Å². The maximum Gasteiger partial charge on any atom is 0.323 e. The van der Waals surface area contributed by atoms with E-state index in [1.165, 1.54) is 28.4 Å². The number of ketones is 1. The van der Waals surface area contributed by atoms with E-state index in [0.717, 1.165) is 11.1 Å². The lowest BCUT2D eigenvalue weighted by atomic mass is 9.63. The third-order valence-electron chi connectivity index (χ3n) is 10.3. The van der Waals surface area contributed by atoms with Gasteiger partial charge in [0, 0.05) is 12.8 Å². The molecule has 0 aromatic heterocycles. The second-order valence-electron chi connectivity index (χ2n) is 15.5. The van der Waals surface area contributed by atoms with Gasteiger partial charge in [0.1, 0.15) is 5.78 Å². The van der Waals surface area contributed by atoms with Crippen molar-refractivity contribution in [2.24, 2.45) is 34.5 Å². The van der Waals surface area contributed by atoms with Gasteiger partial charge in [0.25, 0.3) is 0 Å². The molecule has 4 aliphatic carbocycles. The molecular formula is C33H48O12Si2. The van der Waals surface area contributed by atoms with Crippen molar-refractivity contribution in [3.8, 4) is 0 Å². The van der Waals surface area contributed by atoms with Gasteiger partial charge in [-0.05, 0) is 87.9 Å². The molecule has 0 N–H and O–H groups in total. The molecule has 5 aliphatic rings. The fraction of sp³-hybridized carbons (Fsp3) is 0.727. The van der Waals surface area contributed by atoms with Gasteiger partial charge in [-0.3, -0.25) is 24.0 Å². The molecule has 0 spiro atoms. The summed E-state index contributed by atoms with van der Waals surface area (Å²) in [5.41, 5.74) is -1.76. The van der Waals surface area contributed by atoms with Crippen LogP contribution in [0.3, 0.4) is 0 Å². The largest absolute Gasteiger partial charge is 0.547 e.